The summed E-state index contributed by atoms with van der Waals surface area (Å²) in [5.41, 5.74) is 0. The highest BCUT2D eigenvalue weighted by molar-refractivity contribution is 7.95. The van der Waals surface area contributed by atoms with Crippen LogP contribution in [-0.2, 0) is 19.9 Å². The van der Waals surface area contributed by atoms with Crippen LogP contribution in [0.2, 0.25) is 0 Å². The lowest BCUT2D eigenvalue weighted by molar-refractivity contribution is 0.0238. The molecular formula is C9H19N3O5S2. The van der Waals surface area contributed by atoms with Crippen LogP contribution < -0.4 is 10.0 Å². The molecule has 0 aromatic heterocycles. The molecule has 2 saturated heterocycles. The highest BCUT2D eigenvalue weighted by Gasteiger charge is 2.37. The van der Waals surface area contributed by atoms with Gasteiger partial charge in [-0.05, 0) is 6.42 Å². The van der Waals surface area contributed by atoms with Gasteiger partial charge in [-0.25, -0.2) is 21.6 Å². The fourth-order valence-corrected chi connectivity index (χ4v) is 6.35. The van der Waals surface area contributed by atoms with Gasteiger partial charge in [-0.2, -0.15) is 0 Å². The zero-order valence-electron chi connectivity index (χ0n) is 10.4. The molecule has 112 valence electrons. The van der Waals surface area contributed by atoms with E-state index >= 15 is 0 Å². The summed E-state index contributed by atoms with van der Waals surface area (Å²) < 4.78 is 48.8. The molecule has 19 heavy (non-hydrogen) atoms. The number of hydrogen-bond donors (Lipinski definition) is 3. The van der Waals surface area contributed by atoms with Crippen molar-refractivity contribution in [1.82, 2.24) is 14.9 Å². The van der Waals surface area contributed by atoms with Crippen LogP contribution in [0, 0.1) is 0 Å². The molecule has 2 aliphatic rings. The minimum atomic E-state index is -3.60. The normalized spacial score (nSPS) is 31.8. The first-order chi connectivity index (χ1) is 8.80. The highest BCUT2D eigenvalue weighted by atomic mass is 32.2. The van der Waals surface area contributed by atoms with E-state index in [1.165, 1.54) is 0 Å². The van der Waals surface area contributed by atoms with Crippen molar-refractivity contribution >= 4 is 19.9 Å². The SMILES string of the molecule is O=S1(=O)CC[C@H](S(=O)(=O)NCCN2CCN[C@@H]2O)C1. The van der Waals surface area contributed by atoms with E-state index in [2.05, 4.69) is 10.0 Å². The summed E-state index contributed by atoms with van der Waals surface area (Å²) in [5, 5.41) is 11.4. The Morgan fingerprint density at radius 3 is 2.68 bits per heavy atom. The molecule has 0 amide bonds. The molecule has 2 fully saturated rings. The third-order valence-electron chi connectivity index (χ3n) is 3.40. The van der Waals surface area contributed by atoms with Crippen molar-refractivity contribution in [3.05, 3.63) is 0 Å². The molecule has 0 spiro atoms. The molecule has 2 rings (SSSR count). The van der Waals surface area contributed by atoms with Gasteiger partial charge in [0.05, 0.1) is 16.8 Å². The summed E-state index contributed by atoms with van der Waals surface area (Å²) in [7, 11) is -6.81. The van der Waals surface area contributed by atoms with Gasteiger partial charge >= 0.3 is 0 Å². The standard InChI is InChI=1S/C9H19N3O5S2/c13-9-10-2-4-12(9)5-3-11-19(16,17)8-1-6-18(14,15)7-8/h8-11,13H,1-7H2/t8-,9-/m0/s1. The average molecular weight is 313 g/mol. The Bertz CT molecular complexity index is 518. The van der Waals surface area contributed by atoms with E-state index in [4.69, 9.17) is 0 Å². The predicted molar refractivity (Wildman–Crippen MR) is 69.6 cm³/mol. The number of aliphatic hydroxyl groups excluding tert-OH is 1. The number of nitrogens with zero attached hydrogens (tertiary/aromatic N) is 1. The Balaban J connectivity index is 1.82. The number of rotatable bonds is 5. The summed E-state index contributed by atoms with van der Waals surface area (Å²) in [6.07, 6.45) is -0.581. The second-order valence-corrected chi connectivity index (χ2v) is 9.10. The largest absolute Gasteiger partial charge is 0.365 e. The summed E-state index contributed by atoms with van der Waals surface area (Å²) in [6.45, 7) is 1.86. The number of aliphatic hydroxyl groups is 1. The van der Waals surface area contributed by atoms with Crippen molar-refractivity contribution in [1.29, 1.82) is 0 Å². The van der Waals surface area contributed by atoms with Crippen LogP contribution in [0.25, 0.3) is 0 Å². The van der Waals surface area contributed by atoms with Gasteiger partial charge in [0.2, 0.25) is 10.0 Å². The third-order valence-corrected chi connectivity index (χ3v) is 7.27. The van der Waals surface area contributed by atoms with E-state index in [1.807, 2.05) is 0 Å². The Morgan fingerprint density at radius 1 is 1.42 bits per heavy atom. The van der Waals surface area contributed by atoms with E-state index < -0.39 is 31.5 Å². The number of nitrogens with one attached hydrogen (secondary N) is 2. The maximum absolute atomic E-state index is 11.9. The molecule has 3 N–H and O–H groups in total. The van der Waals surface area contributed by atoms with Gasteiger partial charge in [-0.1, -0.05) is 0 Å². The minimum absolute atomic E-state index is 0.0622. The van der Waals surface area contributed by atoms with Crippen LogP contribution in [0.4, 0.5) is 0 Å². The van der Waals surface area contributed by atoms with Crippen LogP contribution in [0.1, 0.15) is 6.42 Å². The second-order valence-electron chi connectivity index (χ2n) is 4.83. The monoisotopic (exact) mass is 313 g/mol. The van der Waals surface area contributed by atoms with Crippen molar-refractivity contribution in [2.75, 3.05) is 37.7 Å². The Labute approximate surface area is 113 Å². The lowest BCUT2D eigenvalue weighted by Crippen LogP contribution is -2.42. The van der Waals surface area contributed by atoms with Crippen LogP contribution in [0.15, 0.2) is 0 Å². The third kappa shape index (κ3) is 3.86. The van der Waals surface area contributed by atoms with Crippen LogP contribution in [0.5, 0.6) is 0 Å². The first kappa shape index (κ1) is 15.1. The molecule has 2 aliphatic heterocycles. The van der Waals surface area contributed by atoms with Crippen LogP contribution >= 0.6 is 0 Å². The maximum Gasteiger partial charge on any atom is 0.215 e. The molecular weight excluding hydrogens is 294 g/mol. The predicted octanol–water partition coefficient (Wildman–Crippen LogP) is -2.73. The first-order valence-corrected chi connectivity index (χ1v) is 9.51. The summed E-state index contributed by atoms with van der Waals surface area (Å²) >= 11 is 0. The van der Waals surface area contributed by atoms with Crippen LogP contribution in [0.3, 0.4) is 0 Å². The fourth-order valence-electron chi connectivity index (χ4n) is 2.28. The lowest BCUT2D eigenvalue weighted by Gasteiger charge is -2.19. The summed E-state index contributed by atoms with van der Waals surface area (Å²) in [6, 6.07) is 0. The molecule has 0 saturated carbocycles. The van der Waals surface area contributed by atoms with Crippen molar-refractivity contribution in [3.63, 3.8) is 0 Å². The Kier molecular flexibility index (Phi) is 4.48. The van der Waals surface area contributed by atoms with Gasteiger partial charge in [-0.3, -0.25) is 10.2 Å². The zero-order chi connectivity index (χ0) is 14.1. The first-order valence-electron chi connectivity index (χ1n) is 6.14. The van der Waals surface area contributed by atoms with E-state index in [0.29, 0.717) is 19.6 Å². The Morgan fingerprint density at radius 2 is 2.16 bits per heavy atom. The van der Waals surface area contributed by atoms with E-state index in [1.54, 1.807) is 4.90 Å². The molecule has 0 unspecified atom stereocenters. The molecule has 2 heterocycles. The lowest BCUT2D eigenvalue weighted by atomic mass is 10.4. The van der Waals surface area contributed by atoms with Crippen LogP contribution in [-0.4, -0.2) is 76.1 Å². The Hall–Kier alpha value is -0.260. The van der Waals surface area contributed by atoms with E-state index in [9.17, 15) is 21.9 Å². The van der Waals surface area contributed by atoms with Gasteiger partial charge in [0.25, 0.3) is 0 Å². The number of sulfonamides is 1. The van der Waals surface area contributed by atoms with Gasteiger partial charge < -0.3 is 5.11 Å². The summed E-state index contributed by atoms with van der Waals surface area (Å²) in [4.78, 5) is 1.70. The second kappa shape index (κ2) is 5.62. The molecule has 10 heteroatoms. The quantitative estimate of drug-likeness (QED) is 0.505. The van der Waals surface area contributed by atoms with E-state index in [-0.39, 0.29) is 24.5 Å². The number of hydrogen-bond acceptors (Lipinski definition) is 7. The van der Waals surface area contributed by atoms with Gasteiger partial charge in [0.15, 0.2) is 16.2 Å². The summed E-state index contributed by atoms with van der Waals surface area (Å²) in [5.74, 6) is -0.358. The number of sulfone groups is 1. The van der Waals surface area contributed by atoms with Crippen molar-refractivity contribution in [2.45, 2.75) is 18.0 Å². The van der Waals surface area contributed by atoms with Gasteiger partial charge in [0, 0.05) is 26.2 Å². The molecule has 2 atom stereocenters. The molecule has 0 aromatic rings. The van der Waals surface area contributed by atoms with Gasteiger partial charge in [-0.15, -0.1) is 0 Å². The van der Waals surface area contributed by atoms with E-state index in [0.717, 1.165) is 0 Å². The zero-order valence-corrected chi connectivity index (χ0v) is 12.1. The molecule has 0 radical (unpaired) electrons. The molecule has 8 nitrogen and oxygen atoms in total. The maximum atomic E-state index is 11.9. The molecule has 0 bridgehead atoms. The minimum Gasteiger partial charge on any atom is -0.365 e. The topological polar surface area (TPSA) is 116 Å². The van der Waals surface area contributed by atoms with Crippen molar-refractivity contribution < 1.29 is 21.9 Å². The highest BCUT2D eigenvalue weighted by Crippen LogP contribution is 2.17. The fraction of sp³-hybridized carbons (Fsp3) is 1.00. The molecule has 0 aromatic carbocycles. The smallest absolute Gasteiger partial charge is 0.215 e. The van der Waals surface area contributed by atoms with Gasteiger partial charge in [0.1, 0.15) is 0 Å². The average Bonchev–Trinajstić information content (AvgIpc) is 2.86. The molecule has 0 aliphatic carbocycles. The van der Waals surface area contributed by atoms with Crippen molar-refractivity contribution in [2.24, 2.45) is 0 Å². The van der Waals surface area contributed by atoms with Crippen molar-refractivity contribution in [3.8, 4) is 0 Å².